The smallest absolute Gasteiger partial charge is 0.263 e. The van der Waals surface area contributed by atoms with E-state index in [0.29, 0.717) is 25.5 Å². The molecule has 1 saturated heterocycles. The van der Waals surface area contributed by atoms with Crippen LogP contribution in [-0.4, -0.2) is 46.6 Å². The summed E-state index contributed by atoms with van der Waals surface area (Å²) < 4.78 is 5.70. The fraction of sp³-hybridized carbons (Fsp3) is 0.643. The zero-order valence-electron chi connectivity index (χ0n) is 12.0. The van der Waals surface area contributed by atoms with Crippen molar-refractivity contribution < 1.29 is 9.53 Å². The highest BCUT2D eigenvalue weighted by atomic mass is 16.5. The number of aromatic nitrogens is 2. The SMILES string of the molecule is CCCOC1CCCN(C(=O)c2cnc(C)[nH]c2=O)C1. The molecule has 2 rings (SSSR count). The topological polar surface area (TPSA) is 75.3 Å². The minimum atomic E-state index is -0.376. The van der Waals surface area contributed by atoms with Gasteiger partial charge in [0.05, 0.1) is 6.10 Å². The van der Waals surface area contributed by atoms with E-state index in [0.717, 1.165) is 19.3 Å². The molecular weight excluding hydrogens is 258 g/mol. The molecule has 1 aromatic heterocycles. The van der Waals surface area contributed by atoms with Crippen LogP contribution in [0, 0.1) is 6.92 Å². The summed E-state index contributed by atoms with van der Waals surface area (Å²) in [5.74, 6) is 0.248. The molecule has 1 unspecified atom stereocenters. The number of nitrogens with one attached hydrogen (secondary N) is 1. The molecular formula is C14H21N3O3. The van der Waals surface area contributed by atoms with Gasteiger partial charge in [-0.15, -0.1) is 0 Å². The number of carbonyl (C=O) groups excluding carboxylic acids is 1. The Hall–Kier alpha value is -1.69. The second kappa shape index (κ2) is 6.65. The van der Waals surface area contributed by atoms with Crippen molar-refractivity contribution in [1.82, 2.24) is 14.9 Å². The van der Waals surface area contributed by atoms with Crippen LogP contribution in [-0.2, 0) is 4.74 Å². The number of H-pyrrole nitrogens is 1. The van der Waals surface area contributed by atoms with Crippen molar-refractivity contribution in [3.63, 3.8) is 0 Å². The van der Waals surface area contributed by atoms with E-state index in [-0.39, 0.29) is 23.1 Å². The molecule has 1 atom stereocenters. The third kappa shape index (κ3) is 3.45. The van der Waals surface area contributed by atoms with Gasteiger partial charge < -0.3 is 14.6 Å². The number of piperidine rings is 1. The molecule has 2 heterocycles. The molecule has 1 aliphatic heterocycles. The van der Waals surface area contributed by atoms with Crippen molar-refractivity contribution in [3.8, 4) is 0 Å². The van der Waals surface area contributed by atoms with E-state index >= 15 is 0 Å². The van der Waals surface area contributed by atoms with Gasteiger partial charge in [-0.3, -0.25) is 9.59 Å². The second-order valence-corrected chi connectivity index (χ2v) is 5.10. The van der Waals surface area contributed by atoms with Crippen LogP contribution < -0.4 is 5.56 Å². The molecule has 0 bridgehead atoms. The predicted octanol–water partition coefficient (Wildman–Crippen LogP) is 1.11. The highest BCUT2D eigenvalue weighted by molar-refractivity contribution is 5.93. The van der Waals surface area contributed by atoms with Crippen LogP contribution in [0.3, 0.4) is 0 Å². The number of likely N-dealkylation sites (tertiary alicyclic amines) is 1. The van der Waals surface area contributed by atoms with Crippen molar-refractivity contribution >= 4 is 5.91 Å². The lowest BCUT2D eigenvalue weighted by atomic mass is 10.1. The first-order chi connectivity index (χ1) is 9.61. The van der Waals surface area contributed by atoms with Crippen LogP contribution >= 0.6 is 0 Å². The van der Waals surface area contributed by atoms with E-state index in [1.165, 1.54) is 6.20 Å². The van der Waals surface area contributed by atoms with Crippen LogP contribution in [0.1, 0.15) is 42.4 Å². The molecule has 1 aromatic rings. The van der Waals surface area contributed by atoms with Crippen molar-refractivity contribution in [2.24, 2.45) is 0 Å². The number of hydrogen-bond acceptors (Lipinski definition) is 4. The van der Waals surface area contributed by atoms with Crippen LogP contribution in [0.15, 0.2) is 11.0 Å². The molecule has 1 aliphatic rings. The first-order valence-corrected chi connectivity index (χ1v) is 7.08. The van der Waals surface area contributed by atoms with Crippen molar-refractivity contribution in [3.05, 3.63) is 27.9 Å². The second-order valence-electron chi connectivity index (χ2n) is 5.10. The van der Waals surface area contributed by atoms with Gasteiger partial charge in [-0.1, -0.05) is 6.92 Å². The molecule has 1 amide bonds. The molecule has 0 aliphatic carbocycles. The predicted molar refractivity (Wildman–Crippen MR) is 74.8 cm³/mol. The number of amides is 1. The molecule has 1 fully saturated rings. The van der Waals surface area contributed by atoms with E-state index in [2.05, 4.69) is 16.9 Å². The first-order valence-electron chi connectivity index (χ1n) is 7.08. The molecule has 1 N–H and O–H groups in total. The summed E-state index contributed by atoms with van der Waals surface area (Å²) in [6.07, 6.45) is 4.26. The maximum Gasteiger partial charge on any atom is 0.263 e. The average molecular weight is 279 g/mol. The Morgan fingerprint density at radius 2 is 2.40 bits per heavy atom. The highest BCUT2D eigenvalue weighted by Gasteiger charge is 2.26. The molecule has 20 heavy (non-hydrogen) atoms. The van der Waals surface area contributed by atoms with E-state index < -0.39 is 0 Å². The van der Waals surface area contributed by atoms with Crippen LogP contribution in [0.5, 0.6) is 0 Å². The van der Waals surface area contributed by atoms with Gasteiger partial charge in [0.25, 0.3) is 11.5 Å². The summed E-state index contributed by atoms with van der Waals surface area (Å²) >= 11 is 0. The number of aromatic amines is 1. The Bertz CT molecular complexity index is 527. The zero-order valence-corrected chi connectivity index (χ0v) is 12.0. The van der Waals surface area contributed by atoms with Gasteiger partial charge in [0, 0.05) is 25.9 Å². The van der Waals surface area contributed by atoms with Gasteiger partial charge in [0.15, 0.2) is 0 Å². The fourth-order valence-corrected chi connectivity index (χ4v) is 2.35. The Kier molecular flexibility index (Phi) is 4.89. The number of hydrogen-bond donors (Lipinski definition) is 1. The van der Waals surface area contributed by atoms with E-state index in [1.54, 1.807) is 11.8 Å². The molecule has 6 nitrogen and oxygen atoms in total. The third-order valence-corrected chi connectivity index (χ3v) is 3.38. The van der Waals surface area contributed by atoms with Crippen molar-refractivity contribution in [2.75, 3.05) is 19.7 Å². The van der Waals surface area contributed by atoms with E-state index in [4.69, 9.17) is 4.74 Å². The number of carbonyl (C=O) groups is 1. The summed E-state index contributed by atoms with van der Waals surface area (Å²) in [6.45, 7) is 5.66. The molecule has 0 spiro atoms. The van der Waals surface area contributed by atoms with E-state index in [9.17, 15) is 9.59 Å². The quantitative estimate of drug-likeness (QED) is 0.896. The normalized spacial score (nSPS) is 19.1. The van der Waals surface area contributed by atoms with Crippen LogP contribution in [0.25, 0.3) is 0 Å². The van der Waals surface area contributed by atoms with Crippen LogP contribution in [0.4, 0.5) is 0 Å². The number of ether oxygens (including phenoxy) is 1. The summed E-state index contributed by atoms with van der Waals surface area (Å²) in [6, 6.07) is 0. The summed E-state index contributed by atoms with van der Waals surface area (Å²) in [4.78, 5) is 32.4. The minimum Gasteiger partial charge on any atom is -0.376 e. The summed E-state index contributed by atoms with van der Waals surface area (Å²) in [5.41, 5.74) is -0.272. The van der Waals surface area contributed by atoms with Gasteiger partial charge in [0.1, 0.15) is 11.4 Å². The largest absolute Gasteiger partial charge is 0.376 e. The number of rotatable bonds is 4. The summed E-state index contributed by atoms with van der Waals surface area (Å²) in [7, 11) is 0. The van der Waals surface area contributed by atoms with Gasteiger partial charge in [-0.05, 0) is 26.2 Å². The van der Waals surface area contributed by atoms with Gasteiger partial charge in [-0.25, -0.2) is 4.98 Å². The van der Waals surface area contributed by atoms with Crippen molar-refractivity contribution in [1.29, 1.82) is 0 Å². The Morgan fingerprint density at radius 1 is 1.60 bits per heavy atom. The third-order valence-electron chi connectivity index (χ3n) is 3.38. The minimum absolute atomic E-state index is 0.0742. The Balaban J connectivity index is 2.06. The monoisotopic (exact) mass is 279 g/mol. The number of nitrogens with zero attached hydrogens (tertiary/aromatic N) is 2. The highest BCUT2D eigenvalue weighted by Crippen LogP contribution is 2.15. The summed E-state index contributed by atoms with van der Waals surface area (Å²) in [5, 5.41) is 0. The lowest BCUT2D eigenvalue weighted by Crippen LogP contribution is -2.44. The molecule has 0 radical (unpaired) electrons. The maximum absolute atomic E-state index is 12.4. The van der Waals surface area contributed by atoms with E-state index in [1.807, 2.05) is 0 Å². The number of aryl methyl sites for hydroxylation is 1. The van der Waals surface area contributed by atoms with Crippen LogP contribution in [0.2, 0.25) is 0 Å². The molecule has 6 heteroatoms. The van der Waals surface area contributed by atoms with Gasteiger partial charge in [-0.2, -0.15) is 0 Å². The standard InChI is InChI=1S/C14H21N3O3/c1-3-7-20-11-5-4-6-17(9-11)14(19)12-8-15-10(2)16-13(12)18/h8,11H,3-7,9H2,1-2H3,(H,15,16,18). The average Bonchev–Trinajstić information content (AvgIpc) is 2.45. The van der Waals surface area contributed by atoms with Gasteiger partial charge in [0.2, 0.25) is 0 Å². The first kappa shape index (κ1) is 14.7. The molecule has 110 valence electrons. The van der Waals surface area contributed by atoms with Crippen molar-refractivity contribution in [2.45, 2.75) is 39.2 Å². The molecule has 0 aromatic carbocycles. The fourth-order valence-electron chi connectivity index (χ4n) is 2.35. The lowest BCUT2D eigenvalue weighted by Gasteiger charge is -2.32. The molecule has 0 saturated carbocycles. The Morgan fingerprint density at radius 3 is 3.10 bits per heavy atom. The Labute approximate surface area is 118 Å². The maximum atomic E-state index is 12.4. The van der Waals surface area contributed by atoms with Gasteiger partial charge >= 0.3 is 0 Å². The zero-order chi connectivity index (χ0) is 14.5. The lowest BCUT2D eigenvalue weighted by molar-refractivity contribution is 0.00203.